The van der Waals surface area contributed by atoms with Gasteiger partial charge in [-0.1, -0.05) is 23.8 Å². The number of aryl methyl sites for hydroxylation is 1. The minimum absolute atomic E-state index is 0.0741. The van der Waals surface area contributed by atoms with Gasteiger partial charge in [0, 0.05) is 19.2 Å². The summed E-state index contributed by atoms with van der Waals surface area (Å²) in [5.74, 6) is -0.861. The van der Waals surface area contributed by atoms with Crippen LogP contribution in [0.1, 0.15) is 24.0 Å². The quantitative estimate of drug-likeness (QED) is 0.593. The Morgan fingerprint density at radius 3 is 2.52 bits per heavy atom. The minimum Gasteiger partial charge on any atom is -0.325 e. The van der Waals surface area contributed by atoms with Crippen LogP contribution in [0.3, 0.4) is 0 Å². The molecule has 1 atom stereocenters. The lowest BCUT2D eigenvalue weighted by Gasteiger charge is -2.31. The molecule has 1 aliphatic rings. The minimum atomic E-state index is -3.68. The normalized spacial score (nSPS) is 17.7. The number of hydrogen-bond acceptors (Lipinski definition) is 5. The molecule has 8 nitrogen and oxygen atoms in total. The number of nitro groups is 1. The molecule has 1 N–H and O–H groups in total. The van der Waals surface area contributed by atoms with E-state index in [1.165, 1.54) is 16.4 Å². The lowest BCUT2D eigenvalue weighted by molar-refractivity contribution is -0.385. The number of nitrogens with zero attached hydrogens (tertiary/aromatic N) is 2. The van der Waals surface area contributed by atoms with E-state index < -0.39 is 20.9 Å². The summed E-state index contributed by atoms with van der Waals surface area (Å²) in [4.78, 5) is 23.6. The SMILES string of the molecule is Cc1ccc(S(=O)(=O)N2CCCC(C(=O)Nc3cccc([N+](=O)[O-])c3C)C2)cc1. The van der Waals surface area contributed by atoms with Crippen LogP contribution in [0.15, 0.2) is 47.4 Å². The van der Waals surface area contributed by atoms with Gasteiger partial charge in [-0.2, -0.15) is 4.31 Å². The highest BCUT2D eigenvalue weighted by Crippen LogP contribution is 2.28. The van der Waals surface area contributed by atoms with E-state index in [1.54, 1.807) is 37.3 Å². The molecule has 154 valence electrons. The molecular weight excluding hydrogens is 394 g/mol. The first kappa shape index (κ1) is 20.9. The second-order valence-corrected chi connectivity index (χ2v) is 9.15. The fraction of sp³-hybridized carbons (Fsp3) is 0.350. The van der Waals surface area contributed by atoms with Gasteiger partial charge in [-0.05, 0) is 44.9 Å². The van der Waals surface area contributed by atoms with Crippen LogP contribution >= 0.6 is 0 Å². The van der Waals surface area contributed by atoms with Crippen LogP contribution in [0.25, 0.3) is 0 Å². The topological polar surface area (TPSA) is 110 Å². The highest BCUT2D eigenvalue weighted by molar-refractivity contribution is 7.89. The third-order valence-corrected chi connectivity index (χ3v) is 7.05. The third kappa shape index (κ3) is 4.46. The summed E-state index contributed by atoms with van der Waals surface area (Å²) in [6.45, 7) is 3.89. The summed E-state index contributed by atoms with van der Waals surface area (Å²) >= 11 is 0. The Morgan fingerprint density at radius 2 is 1.86 bits per heavy atom. The predicted molar refractivity (Wildman–Crippen MR) is 109 cm³/mol. The lowest BCUT2D eigenvalue weighted by atomic mass is 9.98. The Morgan fingerprint density at radius 1 is 1.17 bits per heavy atom. The van der Waals surface area contributed by atoms with Gasteiger partial charge in [0.15, 0.2) is 0 Å². The predicted octanol–water partition coefficient (Wildman–Crippen LogP) is 3.25. The van der Waals surface area contributed by atoms with Crippen LogP contribution < -0.4 is 5.32 Å². The Bertz CT molecular complexity index is 1030. The van der Waals surface area contributed by atoms with Crippen molar-refractivity contribution in [1.82, 2.24) is 4.31 Å². The van der Waals surface area contributed by atoms with Gasteiger partial charge in [0.2, 0.25) is 15.9 Å². The monoisotopic (exact) mass is 417 g/mol. The number of nitro benzene ring substituents is 1. The number of nitrogens with one attached hydrogen (secondary N) is 1. The summed E-state index contributed by atoms with van der Waals surface area (Å²) in [6, 6.07) is 11.1. The zero-order chi connectivity index (χ0) is 21.2. The van der Waals surface area contributed by atoms with E-state index in [0.29, 0.717) is 30.6 Å². The van der Waals surface area contributed by atoms with Gasteiger partial charge in [-0.25, -0.2) is 8.42 Å². The standard InChI is InChI=1S/C20H23N3O5S/c1-14-8-10-17(11-9-14)29(27,28)22-12-4-5-16(13-22)20(24)21-18-6-3-7-19(15(18)2)23(25)26/h3,6-11,16H,4-5,12-13H2,1-2H3,(H,21,24). The Labute approximate surface area is 169 Å². The number of piperidine rings is 1. The van der Waals surface area contributed by atoms with Gasteiger partial charge in [0.25, 0.3) is 5.69 Å². The number of amides is 1. The number of carbonyl (C=O) groups is 1. The van der Waals surface area contributed by atoms with Gasteiger partial charge in [-0.3, -0.25) is 14.9 Å². The van der Waals surface area contributed by atoms with E-state index in [1.807, 2.05) is 6.92 Å². The average molecular weight is 417 g/mol. The maximum atomic E-state index is 12.9. The number of anilines is 1. The molecule has 0 radical (unpaired) electrons. The van der Waals surface area contributed by atoms with Crippen molar-refractivity contribution in [3.8, 4) is 0 Å². The number of carbonyl (C=O) groups excluding carboxylic acids is 1. The molecule has 1 aliphatic heterocycles. The molecule has 1 fully saturated rings. The van der Waals surface area contributed by atoms with Gasteiger partial charge in [-0.15, -0.1) is 0 Å². The highest BCUT2D eigenvalue weighted by Gasteiger charge is 2.33. The molecule has 0 bridgehead atoms. The van der Waals surface area contributed by atoms with Crippen molar-refractivity contribution in [2.45, 2.75) is 31.6 Å². The molecule has 0 aromatic heterocycles. The Balaban J connectivity index is 1.75. The van der Waals surface area contributed by atoms with Crippen molar-refractivity contribution in [3.05, 3.63) is 63.7 Å². The second kappa shape index (κ2) is 8.30. The Kier molecular flexibility index (Phi) is 5.99. The smallest absolute Gasteiger partial charge is 0.274 e. The van der Waals surface area contributed by atoms with Gasteiger partial charge in [0.1, 0.15) is 0 Å². The number of sulfonamides is 1. The van der Waals surface area contributed by atoms with E-state index >= 15 is 0 Å². The molecule has 2 aromatic carbocycles. The first-order valence-corrected chi connectivity index (χ1v) is 10.8. The van der Waals surface area contributed by atoms with E-state index in [0.717, 1.165) is 5.56 Å². The van der Waals surface area contributed by atoms with Crippen molar-refractivity contribution >= 4 is 27.3 Å². The first-order chi connectivity index (χ1) is 13.7. The van der Waals surface area contributed by atoms with Crippen LogP contribution in [0.2, 0.25) is 0 Å². The third-order valence-electron chi connectivity index (χ3n) is 5.17. The van der Waals surface area contributed by atoms with E-state index in [4.69, 9.17) is 0 Å². The van der Waals surface area contributed by atoms with Gasteiger partial charge >= 0.3 is 0 Å². The number of hydrogen-bond donors (Lipinski definition) is 1. The molecule has 1 saturated heterocycles. The fourth-order valence-electron chi connectivity index (χ4n) is 3.43. The molecule has 29 heavy (non-hydrogen) atoms. The zero-order valence-electron chi connectivity index (χ0n) is 16.3. The van der Waals surface area contributed by atoms with Crippen molar-refractivity contribution in [3.63, 3.8) is 0 Å². The number of benzene rings is 2. The summed E-state index contributed by atoms with van der Waals surface area (Å²) in [6.07, 6.45) is 1.12. The maximum Gasteiger partial charge on any atom is 0.274 e. The summed E-state index contributed by atoms with van der Waals surface area (Å²) in [5, 5.41) is 13.8. The molecule has 0 saturated carbocycles. The van der Waals surface area contributed by atoms with E-state index in [9.17, 15) is 23.3 Å². The second-order valence-electron chi connectivity index (χ2n) is 7.21. The van der Waals surface area contributed by atoms with E-state index in [2.05, 4.69) is 5.32 Å². The van der Waals surface area contributed by atoms with Crippen molar-refractivity contribution in [1.29, 1.82) is 0 Å². The molecule has 0 aliphatic carbocycles. The molecule has 0 spiro atoms. The first-order valence-electron chi connectivity index (χ1n) is 9.32. The Hall–Kier alpha value is -2.78. The molecule has 1 amide bonds. The molecule has 2 aromatic rings. The van der Waals surface area contributed by atoms with Crippen LogP contribution in [-0.4, -0.2) is 36.6 Å². The van der Waals surface area contributed by atoms with Gasteiger partial charge < -0.3 is 5.32 Å². The van der Waals surface area contributed by atoms with Crippen LogP contribution in [0.5, 0.6) is 0 Å². The maximum absolute atomic E-state index is 12.9. The molecule has 1 heterocycles. The summed E-state index contributed by atoms with van der Waals surface area (Å²) in [5.41, 5.74) is 1.62. The van der Waals surface area contributed by atoms with Crippen molar-refractivity contribution < 1.29 is 18.1 Å². The van der Waals surface area contributed by atoms with Crippen LogP contribution in [0.4, 0.5) is 11.4 Å². The van der Waals surface area contributed by atoms with Crippen LogP contribution in [0, 0.1) is 29.9 Å². The largest absolute Gasteiger partial charge is 0.325 e. The van der Waals surface area contributed by atoms with E-state index in [-0.39, 0.29) is 23.0 Å². The molecule has 9 heteroatoms. The van der Waals surface area contributed by atoms with Crippen LogP contribution in [-0.2, 0) is 14.8 Å². The molecule has 1 unspecified atom stereocenters. The average Bonchev–Trinajstić information content (AvgIpc) is 2.69. The van der Waals surface area contributed by atoms with Gasteiger partial charge in [0.05, 0.1) is 27.0 Å². The summed E-state index contributed by atoms with van der Waals surface area (Å²) < 4.78 is 27.2. The fourth-order valence-corrected chi connectivity index (χ4v) is 4.95. The zero-order valence-corrected chi connectivity index (χ0v) is 17.1. The lowest BCUT2D eigenvalue weighted by Crippen LogP contribution is -2.43. The summed E-state index contributed by atoms with van der Waals surface area (Å²) in [7, 11) is -3.68. The molecular formula is C20H23N3O5S. The van der Waals surface area contributed by atoms with Crippen molar-refractivity contribution in [2.24, 2.45) is 5.92 Å². The molecule has 3 rings (SSSR count). The highest BCUT2D eigenvalue weighted by atomic mass is 32.2. The number of rotatable bonds is 5. The van der Waals surface area contributed by atoms with Crippen molar-refractivity contribution in [2.75, 3.05) is 18.4 Å².